The van der Waals surface area contributed by atoms with Gasteiger partial charge in [-0.05, 0) is 51.7 Å². The van der Waals surface area contributed by atoms with Gasteiger partial charge in [-0.15, -0.1) is 0 Å². The van der Waals surface area contributed by atoms with Crippen LogP contribution in [0.1, 0.15) is 36.2 Å². The van der Waals surface area contributed by atoms with E-state index in [1.807, 2.05) is 19.0 Å². The minimum atomic E-state index is -3.58. The molecule has 0 heterocycles. The maximum absolute atomic E-state index is 12.7. The van der Waals surface area contributed by atoms with Crippen molar-refractivity contribution in [1.29, 1.82) is 0 Å². The summed E-state index contributed by atoms with van der Waals surface area (Å²) in [4.78, 5) is 14.5. The van der Waals surface area contributed by atoms with Gasteiger partial charge >= 0.3 is 0 Å². The molecule has 0 aliphatic rings. The van der Waals surface area contributed by atoms with Gasteiger partial charge in [0, 0.05) is 25.2 Å². The largest absolute Gasteiger partial charge is 0.352 e. The summed E-state index contributed by atoms with van der Waals surface area (Å²) in [6, 6.07) is 4.83. The number of carbonyl (C=O) groups excluding carboxylic acids is 1. The molecule has 24 heavy (non-hydrogen) atoms. The van der Waals surface area contributed by atoms with Crippen LogP contribution in [0.4, 0.5) is 0 Å². The van der Waals surface area contributed by atoms with Crippen LogP contribution in [0, 0.1) is 6.92 Å². The molecule has 0 unspecified atom stereocenters. The molecule has 7 heteroatoms. The van der Waals surface area contributed by atoms with E-state index in [1.54, 1.807) is 32.9 Å². The molecular weight excluding hydrogens is 326 g/mol. The average Bonchev–Trinajstić information content (AvgIpc) is 2.52. The SMILES string of the molecule is CCN(CC)S(=O)(=O)c1cc(C(=O)NCCCN(C)C)ccc1C. The molecule has 1 amide bonds. The van der Waals surface area contributed by atoms with Crippen LogP contribution in [-0.4, -0.2) is 63.8 Å². The predicted molar refractivity (Wildman–Crippen MR) is 96.8 cm³/mol. The van der Waals surface area contributed by atoms with E-state index in [0.29, 0.717) is 30.8 Å². The molecule has 1 rings (SSSR count). The van der Waals surface area contributed by atoms with Crippen LogP contribution >= 0.6 is 0 Å². The third kappa shape index (κ3) is 5.29. The normalized spacial score (nSPS) is 12.0. The number of aryl methyl sites for hydroxylation is 1. The van der Waals surface area contributed by atoms with Gasteiger partial charge in [-0.2, -0.15) is 4.31 Å². The first-order valence-corrected chi connectivity index (χ1v) is 9.71. The summed E-state index contributed by atoms with van der Waals surface area (Å²) < 4.78 is 26.8. The highest BCUT2D eigenvalue weighted by Crippen LogP contribution is 2.21. The van der Waals surface area contributed by atoms with Gasteiger partial charge in [0.15, 0.2) is 0 Å². The highest BCUT2D eigenvalue weighted by molar-refractivity contribution is 7.89. The molecule has 0 aliphatic heterocycles. The van der Waals surface area contributed by atoms with Crippen LogP contribution in [0.2, 0.25) is 0 Å². The Hall–Kier alpha value is -1.44. The number of amides is 1. The second-order valence-electron chi connectivity index (χ2n) is 5.98. The van der Waals surface area contributed by atoms with E-state index in [0.717, 1.165) is 13.0 Å². The van der Waals surface area contributed by atoms with Gasteiger partial charge in [0.1, 0.15) is 0 Å². The van der Waals surface area contributed by atoms with Crippen molar-refractivity contribution in [1.82, 2.24) is 14.5 Å². The zero-order chi connectivity index (χ0) is 18.3. The number of hydrogen-bond acceptors (Lipinski definition) is 4. The molecule has 1 N–H and O–H groups in total. The highest BCUT2D eigenvalue weighted by atomic mass is 32.2. The minimum absolute atomic E-state index is 0.201. The van der Waals surface area contributed by atoms with E-state index in [4.69, 9.17) is 0 Å². The van der Waals surface area contributed by atoms with E-state index in [9.17, 15) is 13.2 Å². The molecule has 0 atom stereocenters. The third-order valence-corrected chi connectivity index (χ3v) is 6.03. The first kappa shape index (κ1) is 20.6. The number of nitrogens with zero attached hydrogens (tertiary/aromatic N) is 2. The maximum Gasteiger partial charge on any atom is 0.251 e. The number of benzene rings is 1. The van der Waals surface area contributed by atoms with Gasteiger partial charge in [0.25, 0.3) is 5.91 Å². The van der Waals surface area contributed by atoms with Crippen LogP contribution in [0.5, 0.6) is 0 Å². The summed E-state index contributed by atoms with van der Waals surface area (Å²) in [6.07, 6.45) is 0.842. The summed E-state index contributed by atoms with van der Waals surface area (Å²) >= 11 is 0. The predicted octanol–water partition coefficient (Wildman–Crippen LogP) is 1.71. The summed E-state index contributed by atoms with van der Waals surface area (Å²) in [5, 5.41) is 2.84. The molecule has 0 aliphatic carbocycles. The van der Waals surface area contributed by atoms with E-state index < -0.39 is 10.0 Å². The van der Waals surface area contributed by atoms with Crippen molar-refractivity contribution < 1.29 is 13.2 Å². The summed E-state index contributed by atoms with van der Waals surface area (Å²) in [5.74, 6) is -0.246. The first-order chi connectivity index (χ1) is 11.2. The van der Waals surface area contributed by atoms with Crippen LogP contribution in [-0.2, 0) is 10.0 Å². The topological polar surface area (TPSA) is 69.7 Å². The third-order valence-electron chi connectivity index (χ3n) is 3.84. The van der Waals surface area contributed by atoms with Crippen molar-refractivity contribution in [3.63, 3.8) is 0 Å². The number of nitrogens with one attached hydrogen (secondary N) is 1. The molecule has 136 valence electrons. The zero-order valence-corrected chi connectivity index (χ0v) is 16.1. The van der Waals surface area contributed by atoms with E-state index in [1.165, 1.54) is 10.4 Å². The second-order valence-corrected chi connectivity index (χ2v) is 7.89. The molecule has 0 saturated carbocycles. The van der Waals surface area contributed by atoms with Crippen molar-refractivity contribution >= 4 is 15.9 Å². The summed E-state index contributed by atoms with van der Waals surface area (Å²) in [6.45, 7) is 7.60. The lowest BCUT2D eigenvalue weighted by Gasteiger charge is -2.20. The Balaban J connectivity index is 2.95. The van der Waals surface area contributed by atoms with Crippen LogP contribution in [0.3, 0.4) is 0 Å². The van der Waals surface area contributed by atoms with E-state index in [-0.39, 0.29) is 10.8 Å². The lowest BCUT2D eigenvalue weighted by Crippen LogP contribution is -2.31. The lowest BCUT2D eigenvalue weighted by molar-refractivity contribution is 0.0952. The molecule has 0 spiro atoms. The first-order valence-electron chi connectivity index (χ1n) is 8.27. The summed E-state index contributed by atoms with van der Waals surface area (Å²) in [7, 11) is 0.379. The maximum atomic E-state index is 12.7. The molecule has 1 aromatic carbocycles. The van der Waals surface area contributed by atoms with Gasteiger partial charge in [0.05, 0.1) is 4.90 Å². The molecule has 0 bridgehead atoms. The van der Waals surface area contributed by atoms with Crippen molar-refractivity contribution in [3.8, 4) is 0 Å². The Kier molecular flexibility index (Phi) is 7.86. The number of hydrogen-bond donors (Lipinski definition) is 1. The van der Waals surface area contributed by atoms with Crippen molar-refractivity contribution in [2.75, 3.05) is 40.3 Å². The number of sulfonamides is 1. The van der Waals surface area contributed by atoms with Gasteiger partial charge in [-0.3, -0.25) is 4.79 Å². The van der Waals surface area contributed by atoms with Gasteiger partial charge < -0.3 is 10.2 Å². The molecule has 0 fully saturated rings. The van der Waals surface area contributed by atoms with E-state index in [2.05, 4.69) is 5.32 Å². The molecular formula is C17H29N3O3S. The van der Waals surface area contributed by atoms with Crippen LogP contribution in [0.15, 0.2) is 23.1 Å². The zero-order valence-electron chi connectivity index (χ0n) is 15.3. The smallest absolute Gasteiger partial charge is 0.251 e. The fourth-order valence-corrected chi connectivity index (χ4v) is 4.13. The Morgan fingerprint density at radius 3 is 2.33 bits per heavy atom. The van der Waals surface area contributed by atoms with Gasteiger partial charge in [0.2, 0.25) is 10.0 Å². The highest BCUT2D eigenvalue weighted by Gasteiger charge is 2.24. The minimum Gasteiger partial charge on any atom is -0.352 e. The molecule has 0 radical (unpaired) electrons. The Labute approximate surface area is 145 Å². The quantitative estimate of drug-likeness (QED) is 0.685. The standard InChI is InChI=1S/C17H29N3O3S/c1-6-20(7-2)24(22,23)16-13-15(10-9-14(16)3)17(21)18-11-8-12-19(4)5/h9-10,13H,6-8,11-12H2,1-5H3,(H,18,21). The van der Waals surface area contributed by atoms with Crippen molar-refractivity contribution in [2.45, 2.75) is 32.1 Å². The summed E-state index contributed by atoms with van der Waals surface area (Å²) in [5.41, 5.74) is 1.02. The fourth-order valence-electron chi connectivity index (χ4n) is 2.42. The Morgan fingerprint density at radius 2 is 1.79 bits per heavy atom. The van der Waals surface area contributed by atoms with Crippen LogP contribution in [0.25, 0.3) is 0 Å². The average molecular weight is 356 g/mol. The molecule has 0 saturated heterocycles. The molecule has 1 aromatic rings. The van der Waals surface area contributed by atoms with Crippen LogP contribution < -0.4 is 5.32 Å². The molecule has 6 nitrogen and oxygen atoms in total. The van der Waals surface area contributed by atoms with Crippen molar-refractivity contribution in [3.05, 3.63) is 29.3 Å². The van der Waals surface area contributed by atoms with Gasteiger partial charge in [-0.25, -0.2) is 8.42 Å². The van der Waals surface area contributed by atoms with E-state index >= 15 is 0 Å². The monoisotopic (exact) mass is 355 g/mol. The Bertz CT molecular complexity index is 653. The molecule has 0 aromatic heterocycles. The van der Waals surface area contributed by atoms with Crippen molar-refractivity contribution in [2.24, 2.45) is 0 Å². The van der Waals surface area contributed by atoms with Gasteiger partial charge in [-0.1, -0.05) is 19.9 Å². The Morgan fingerprint density at radius 1 is 1.17 bits per heavy atom. The fraction of sp³-hybridized carbons (Fsp3) is 0.588. The lowest BCUT2D eigenvalue weighted by atomic mass is 10.1. The second kappa shape index (κ2) is 9.15. The number of carbonyl (C=O) groups is 1. The number of rotatable bonds is 9.